The molecule has 3 aromatic rings. The van der Waals surface area contributed by atoms with Gasteiger partial charge in [0.2, 0.25) is 0 Å². The third-order valence-corrected chi connectivity index (χ3v) is 3.78. The summed E-state index contributed by atoms with van der Waals surface area (Å²) < 4.78 is 32.0. The minimum Gasteiger partial charge on any atom is -0.383 e. The van der Waals surface area contributed by atoms with E-state index in [0.29, 0.717) is 24.5 Å². The van der Waals surface area contributed by atoms with Gasteiger partial charge >= 0.3 is 0 Å². The van der Waals surface area contributed by atoms with Crippen LogP contribution in [0.1, 0.15) is 10.5 Å². The molecule has 1 aromatic heterocycles. The van der Waals surface area contributed by atoms with Crippen LogP contribution in [0.3, 0.4) is 0 Å². The fourth-order valence-corrected chi connectivity index (χ4v) is 2.43. The summed E-state index contributed by atoms with van der Waals surface area (Å²) >= 11 is 0. The summed E-state index contributed by atoms with van der Waals surface area (Å²) in [4.78, 5) is 21.1. The first-order valence-corrected chi connectivity index (χ1v) is 8.50. The quantitative estimate of drug-likeness (QED) is 0.610. The molecule has 0 bridgehead atoms. The van der Waals surface area contributed by atoms with Gasteiger partial charge in [-0.3, -0.25) is 4.79 Å². The van der Waals surface area contributed by atoms with Gasteiger partial charge < -0.3 is 15.4 Å². The molecule has 3 rings (SSSR count). The number of carbonyl (C=O) groups is 1. The van der Waals surface area contributed by atoms with Crippen molar-refractivity contribution in [1.29, 1.82) is 0 Å². The highest BCUT2D eigenvalue weighted by atomic mass is 19.1. The first-order valence-electron chi connectivity index (χ1n) is 8.50. The van der Waals surface area contributed by atoms with E-state index in [4.69, 9.17) is 4.74 Å². The number of benzene rings is 2. The number of nitrogens with one attached hydrogen (secondary N) is 2. The molecule has 0 atom stereocenters. The number of amides is 1. The van der Waals surface area contributed by atoms with Gasteiger partial charge in [-0.2, -0.15) is 0 Å². The average molecular weight is 384 g/mol. The van der Waals surface area contributed by atoms with Crippen LogP contribution < -0.4 is 10.6 Å². The predicted octanol–water partition coefficient (Wildman–Crippen LogP) is 3.54. The van der Waals surface area contributed by atoms with Crippen molar-refractivity contribution in [3.8, 4) is 11.4 Å². The van der Waals surface area contributed by atoms with Crippen molar-refractivity contribution in [3.63, 3.8) is 0 Å². The summed E-state index contributed by atoms with van der Waals surface area (Å²) in [5, 5.41) is 5.46. The largest absolute Gasteiger partial charge is 0.383 e. The fourth-order valence-electron chi connectivity index (χ4n) is 2.43. The highest BCUT2D eigenvalue weighted by molar-refractivity contribution is 5.93. The molecule has 0 spiro atoms. The highest BCUT2D eigenvalue weighted by Crippen LogP contribution is 2.23. The molecule has 6 nitrogen and oxygen atoms in total. The second-order valence-corrected chi connectivity index (χ2v) is 5.83. The minimum absolute atomic E-state index is 0.0323. The molecule has 1 amide bonds. The van der Waals surface area contributed by atoms with E-state index >= 15 is 0 Å². The Hall–Kier alpha value is -3.39. The molecule has 0 unspecified atom stereocenters. The van der Waals surface area contributed by atoms with Gasteiger partial charge in [-0.05, 0) is 12.1 Å². The lowest BCUT2D eigenvalue weighted by atomic mass is 10.2. The Kier molecular flexibility index (Phi) is 6.23. The molecule has 0 saturated carbocycles. The van der Waals surface area contributed by atoms with E-state index in [9.17, 15) is 13.6 Å². The second-order valence-electron chi connectivity index (χ2n) is 5.83. The minimum atomic E-state index is -0.772. The summed E-state index contributed by atoms with van der Waals surface area (Å²) in [7, 11) is 1.53. The Bertz CT molecular complexity index is 968. The number of anilines is 2. The SMILES string of the molecule is COCCNC(=O)c1cc(Nc2ccc(F)cc2F)nc(-c2ccccc2)n1. The molecular weight excluding hydrogens is 366 g/mol. The number of hydrogen-bond acceptors (Lipinski definition) is 5. The molecule has 28 heavy (non-hydrogen) atoms. The van der Waals surface area contributed by atoms with Crippen molar-refractivity contribution in [3.05, 3.63) is 71.9 Å². The van der Waals surface area contributed by atoms with Gasteiger partial charge in [0.05, 0.1) is 12.3 Å². The van der Waals surface area contributed by atoms with Gasteiger partial charge in [-0.15, -0.1) is 0 Å². The number of nitrogens with zero attached hydrogens (tertiary/aromatic N) is 2. The topological polar surface area (TPSA) is 76.1 Å². The zero-order valence-corrected chi connectivity index (χ0v) is 15.1. The van der Waals surface area contributed by atoms with Crippen LogP contribution in [-0.4, -0.2) is 36.1 Å². The number of rotatable bonds is 7. The molecule has 0 saturated heterocycles. The molecular formula is C20H18F2N4O2. The summed E-state index contributed by atoms with van der Waals surface area (Å²) in [6, 6.07) is 13.6. The molecule has 144 valence electrons. The van der Waals surface area contributed by atoms with Crippen LogP contribution in [0, 0.1) is 11.6 Å². The lowest BCUT2D eigenvalue weighted by Crippen LogP contribution is -2.28. The van der Waals surface area contributed by atoms with E-state index in [-0.39, 0.29) is 17.2 Å². The second kappa shape index (κ2) is 9.01. The van der Waals surface area contributed by atoms with Crippen LogP contribution >= 0.6 is 0 Å². The van der Waals surface area contributed by atoms with Crippen LogP contribution in [0.5, 0.6) is 0 Å². The number of halogens is 2. The average Bonchev–Trinajstić information content (AvgIpc) is 2.70. The van der Waals surface area contributed by atoms with Crippen LogP contribution in [0.25, 0.3) is 11.4 Å². The fraction of sp³-hybridized carbons (Fsp3) is 0.150. The number of ether oxygens (including phenoxy) is 1. The Labute approximate surface area is 160 Å². The van der Waals surface area contributed by atoms with Gasteiger partial charge in [-0.1, -0.05) is 30.3 Å². The van der Waals surface area contributed by atoms with Gasteiger partial charge in [0.15, 0.2) is 5.82 Å². The molecule has 1 heterocycles. The van der Waals surface area contributed by atoms with E-state index in [1.54, 1.807) is 12.1 Å². The number of carbonyl (C=O) groups excluding carboxylic acids is 1. The number of methoxy groups -OCH3 is 1. The molecule has 0 aliphatic heterocycles. The van der Waals surface area contributed by atoms with Gasteiger partial charge in [0.1, 0.15) is 23.1 Å². The van der Waals surface area contributed by atoms with Crippen molar-refractivity contribution >= 4 is 17.4 Å². The Morgan fingerprint density at radius 3 is 2.57 bits per heavy atom. The maximum Gasteiger partial charge on any atom is 0.270 e. The Morgan fingerprint density at radius 1 is 1.07 bits per heavy atom. The lowest BCUT2D eigenvalue weighted by Gasteiger charge is -2.11. The van der Waals surface area contributed by atoms with E-state index in [2.05, 4.69) is 20.6 Å². The van der Waals surface area contributed by atoms with Crippen LogP contribution in [0.2, 0.25) is 0 Å². The maximum absolute atomic E-state index is 14.0. The first kappa shape index (κ1) is 19.4. The van der Waals surface area contributed by atoms with E-state index < -0.39 is 17.5 Å². The van der Waals surface area contributed by atoms with Crippen molar-refractivity contribution in [2.75, 3.05) is 25.6 Å². The van der Waals surface area contributed by atoms with Crippen LogP contribution in [-0.2, 0) is 4.74 Å². The normalized spacial score (nSPS) is 10.5. The third-order valence-electron chi connectivity index (χ3n) is 3.78. The molecule has 2 N–H and O–H groups in total. The van der Waals surface area contributed by atoms with Crippen molar-refractivity contribution in [1.82, 2.24) is 15.3 Å². The molecule has 8 heteroatoms. The van der Waals surface area contributed by atoms with E-state index in [0.717, 1.165) is 12.1 Å². The third kappa shape index (κ3) is 4.86. The van der Waals surface area contributed by atoms with Crippen molar-refractivity contribution < 1.29 is 18.3 Å². The van der Waals surface area contributed by atoms with Crippen LogP contribution in [0.15, 0.2) is 54.6 Å². The first-order chi connectivity index (χ1) is 13.6. The Balaban J connectivity index is 1.96. The van der Waals surface area contributed by atoms with Gasteiger partial charge in [0, 0.05) is 31.4 Å². The molecule has 0 radical (unpaired) electrons. The molecule has 0 aliphatic carbocycles. The summed E-state index contributed by atoms with van der Waals surface area (Å²) in [5.41, 5.74) is 0.830. The van der Waals surface area contributed by atoms with Crippen molar-refractivity contribution in [2.24, 2.45) is 0 Å². The smallest absolute Gasteiger partial charge is 0.270 e. The molecule has 0 aliphatic rings. The van der Waals surface area contributed by atoms with Gasteiger partial charge in [-0.25, -0.2) is 18.7 Å². The number of hydrogen-bond donors (Lipinski definition) is 2. The summed E-state index contributed by atoms with van der Waals surface area (Å²) in [5.74, 6) is -1.37. The maximum atomic E-state index is 14.0. The molecule has 0 fully saturated rings. The van der Waals surface area contributed by atoms with Crippen molar-refractivity contribution in [2.45, 2.75) is 0 Å². The lowest BCUT2D eigenvalue weighted by molar-refractivity contribution is 0.0932. The van der Waals surface area contributed by atoms with E-state index in [1.807, 2.05) is 18.2 Å². The zero-order valence-electron chi connectivity index (χ0n) is 15.1. The predicted molar refractivity (Wildman–Crippen MR) is 101 cm³/mol. The highest BCUT2D eigenvalue weighted by Gasteiger charge is 2.14. The van der Waals surface area contributed by atoms with Crippen LogP contribution in [0.4, 0.5) is 20.3 Å². The summed E-state index contributed by atoms with van der Waals surface area (Å²) in [6.07, 6.45) is 0. The Morgan fingerprint density at radius 2 is 1.86 bits per heavy atom. The number of aromatic nitrogens is 2. The molecule has 2 aromatic carbocycles. The standard InChI is InChI=1S/C20H18F2N4O2/c1-28-10-9-23-20(27)17-12-18(24-16-8-7-14(21)11-15(16)22)26-19(25-17)13-5-3-2-4-6-13/h2-8,11-12H,9-10H2,1H3,(H,23,27)(H,24,25,26). The van der Waals surface area contributed by atoms with E-state index in [1.165, 1.54) is 19.2 Å². The van der Waals surface area contributed by atoms with Gasteiger partial charge in [0.25, 0.3) is 5.91 Å². The monoisotopic (exact) mass is 384 g/mol. The summed E-state index contributed by atoms with van der Waals surface area (Å²) in [6.45, 7) is 0.670. The zero-order chi connectivity index (χ0) is 19.9.